The molecular formula is C15H28N2O. The molecule has 2 saturated carbocycles. The lowest BCUT2D eigenvalue weighted by Gasteiger charge is -2.33. The summed E-state index contributed by atoms with van der Waals surface area (Å²) in [5, 5.41) is 3.65. The van der Waals surface area contributed by atoms with Crippen molar-refractivity contribution < 1.29 is 4.74 Å². The maximum Gasteiger partial charge on any atom is 0.0620 e. The van der Waals surface area contributed by atoms with Gasteiger partial charge in [-0.25, -0.2) is 0 Å². The monoisotopic (exact) mass is 252 g/mol. The van der Waals surface area contributed by atoms with E-state index in [0.717, 1.165) is 24.5 Å². The van der Waals surface area contributed by atoms with Crippen LogP contribution in [-0.4, -0.2) is 50.3 Å². The van der Waals surface area contributed by atoms with Gasteiger partial charge in [0.1, 0.15) is 0 Å². The predicted molar refractivity (Wildman–Crippen MR) is 73.7 cm³/mol. The van der Waals surface area contributed by atoms with Gasteiger partial charge in [0.2, 0.25) is 0 Å². The Morgan fingerprint density at radius 1 is 1.17 bits per heavy atom. The summed E-state index contributed by atoms with van der Waals surface area (Å²) in [6.45, 7) is 4.73. The van der Waals surface area contributed by atoms with Gasteiger partial charge in [-0.3, -0.25) is 4.90 Å². The van der Waals surface area contributed by atoms with Crippen molar-refractivity contribution in [1.29, 1.82) is 0 Å². The second-order valence-corrected chi connectivity index (χ2v) is 6.55. The molecule has 1 aliphatic heterocycles. The smallest absolute Gasteiger partial charge is 0.0620 e. The Morgan fingerprint density at radius 3 is 2.56 bits per heavy atom. The maximum absolute atomic E-state index is 5.49. The van der Waals surface area contributed by atoms with E-state index >= 15 is 0 Å². The number of rotatable bonds is 8. The van der Waals surface area contributed by atoms with Crippen LogP contribution in [0, 0.1) is 11.8 Å². The summed E-state index contributed by atoms with van der Waals surface area (Å²) in [6.07, 6.45) is 8.49. The van der Waals surface area contributed by atoms with Gasteiger partial charge in [-0.05, 0) is 56.9 Å². The summed E-state index contributed by atoms with van der Waals surface area (Å²) in [4.78, 5) is 2.77. The standard InChI is InChI=1S/C15H28N2O/c1-18-11-15(13-6-7-13)17(9-12-4-5-12)10-14-3-2-8-16-14/h12-16H,2-11H2,1H3. The first-order valence-electron chi connectivity index (χ1n) is 7.83. The normalized spacial score (nSPS) is 30.0. The van der Waals surface area contributed by atoms with E-state index < -0.39 is 0 Å². The van der Waals surface area contributed by atoms with Gasteiger partial charge in [-0.1, -0.05) is 0 Å². The molecule has 18 heavy (non-hydrogen) atoms. The zero-order chi connectivity index (χ0) is 12.4. The Bertz CT molecular complexity index is 257. The van der Waals surface area contributed by atoms with Gasteiger partial charge in [-0.2, -0.15) is 0 Å². The molecule has 0 aromatic heterocycles. The van der Waals surface area contributed by atoms with Gasteiger partial charge in [0.15, 0.2) is 0 Å². The van der Waals surface area contributed by atoms with Crippen LogP contribution in [0.25, 0.3) is 0 Å². The Kier molecular flexibility index (Phi) is 4.22. The molecule has 2 aliphatic carbocycles. The highest BCUT2D eigenvalue weighted by molar-refractivity contribution is 4.92. The average Bonchev–Trinajstić information content (AvgIpc) is 3.28. The summed E-state index contributed by atoms with van der Waals surface area (Å²) in [5.74, 6) is 1.91. The van der Waals surface area contributed by atoms with Crippen molar-refractivity contribution >= 4 is 0 Å². The topological polar surface area (TPSA) is 24.5 Å². The first-order chi connectivity index (χ1) is 8.86. The average molecular weight is 252 g/mol. The van der Waals surface area contributed by atoms with Gasteiger partial charge >= 0.3 is 0 Å². The molecule has 0 spiro atoms. The number of hydrogen-bond acceptors (Lipinski definition) is 3. The molecule has 3 rings (SSSR count). The first kappa shape index (κ1) is 12.9. The highest BCUT2D eigenvalue weighted by Crippen LogP contribution is 2.38. The minimum Gasteiger partial charge on any atom is -0.383 e. The molecule has 3 fully saturated rings. The van der Waals surface area contributed by atoms with Gasteiger partial charge in [0.25, 0.3) is 0 Å². The van der Waals surface area contributed by atoms with E-state index in [1.807, 2.05) is 7.11 Å². The van der Waals surface area contributed by atoms with Crippen molar-refractivity contribution in [1.82, 2.24) is 10.2 Å². The van der Waals surface area contributed by atoms with Crippen molar-refractivity contribution in [3.05, 3.63) is 0 Å². The van der Waals surface area contributed by atoms with E-state index in [9.17, 15) is 0 Å². The fourth-order valence-corrected chi connectivity index (χ4v) is 3.36. The molecule has 0 radical (unpaired) electrons. The van der Waals surface area contributed by atoms with Crippen LogP contribution >= 0.6 is 0 Å². The number of methoxy groups -OCH3 is 1. The fraction of sp³-hybridized carbons (Fsp3) is 1.00. The highest BCUT2D eigenvalue weighted by atomic mass is 16.5. The van der Waals surface area contributed by atoms with Gasteiger partial charge in [0.05, 0.1) is 6.61 Å². The third-order valence-corrected chi connectivity index (χ3v) is 4.78. The van der Waals surface area contributed by atoms with Gasteiger partial charge < -0.3 is 10.1 Å². The second-order valence-electron chi connectivity index (χ2n) is 6.55. The molecular weight excluding hydrogens is 224 g/mol. The minimum absolute atomic E-state index is 0.693. The summed E-state index contributed by atoms with van der Waals surface area (Å²) in [5.41, 5.74) is 0. The van der Waals surface area contributed by atoms with E-state index in [-0.39, 0.29) is 0 Å². The lowest BCUT2D eigenvalue weighted by atomic mass is 10.1. The van der Waals surface area contributed by atoms with E-state index in [1.54, 1.807) is 0 Å². The van der Waals surface area contributed by atoms with Crippen molar-refractivity contribution in [2.75, 3.05) is 33.4 Å². The number of ether oxygens (including phenoxy) is 1. The summed E-state index contributed by atoms with van der Waals surface area (Å²) in [7, 11) is 1.86. The van der Waals surface area contributed by atoms with Crippen LogP contribution in [0.1, 0.15) is 38.5 Å². The van der Waals surface area contributed by atoms with E-state index in [0.29, 0.717) is 6.04 Å². The van der Waals surface area contributed by atoms with Crippen LogP contribution < -0.4 is 5.32 Å². The van der Waals surface area contributed by atoms with E-state index in [2.05, 4.69) is 10.2 Å². The SMILES string of the molecule is COCC(C1CC1)N(CC1CC1)CC1CCCN1. The molecule has 2 unspecified atom stereocenters. The second kappa shape index (κ2) is 5.89. The van der Waals surface area contributed by atoms with Crippen molar-refractivity contribution in [2.45, 2.75) is 50.6 Å². The van der Waals surface area contributed by atoms with Crippen LogP contribution in [0.3, 0.4) is 0 Å². The molecule has 1 N–H and O–H groups in total. The number of nitrogens with one attached hydrogen (secondary N) is 1. The van der Waals surface area contributed by atoms with E-state index in [1.165, 1.54) is 58.2 Å². The lowest BCUT2D eigenvalue weighted by Crippen LogP contribution is -2.47. The molecule has 1 saturated heterocycles. The fourth-order valence-electron chi connectivity index (χ4n) is 3.36. The zero-order valence-corrected chi connectivity index (χ0v) is 11.7. The highest BCUT2D eigenvalue weighted by Gasteiger charge is 2.38. The van der Waals surface area contributed by atoms with E-state index in [4.69, 9.17) is 4.74 Å². The lowest BCUT2D eigenvalue weighted by molar-refractivity contribution is 0.0689. The minimum atomic E-state index is 0.693. The Labute approximate surface area is 111 Å². The van der Waals surface area contributed by atoms with Crippen LogP contribution in [0.15, 0.2) is 0 Å². The van der Waals surface area contributed by atoms with Gasteiger partial charge in [-0.15, -0.1) is 0 Å². The van der Waals surface area contributed by atoms with Crippen LogP contribution in [0.2, 0.25) is 0 Å². The summed E-state index contributed by atoms with van der Waals surface area (Å²) >= 11 is 0. The number of hydrogen-bond donors (Lipinski definition) is 1. The van der Waals surface area contributed by atoms with Gasteiger partial charge in [0, 0.05) is 32.3 Å². The number of nitrogens with zero attached hydrogens (tertiary/aromatic N) is 1. The molecule has 3 heteroatoms. The first-order valence-corrected chi connectivity index (χ1v) is 7.83. The molecule has 0 aromatic carbocycles. The summed E-state index contributed by atoms with van der Waals surface area (Å²) < 4.78 is 5.49. The van der Waals surface area contributed by atoms with Crippen LogP contribution in [0.4, 0.5) is 0 Å². The third-order valence-electron chi connectivity index (χ3n) is 4.78. The Hall–Kier alpha value is -0.120. The molecule has 104 valence electrons. The zero-order valence-electron chi connectivity index (χ0n) is 11.7. The summed E-state index contributed by atoms with van der Waals surface area (Å²) in [6, 6.07) is 1.43. The largest absolute Gasteiger partial charge is 0.383 e. The van der Waals surface area contributed by atoms with Crippen molar-refractivity contribution in [3.63, 3.8) is 0 Å². The van der Waals surface area contributed by atoms with Crippen molar-refractivity contribution in [3.8, 4) is 0 Å². The molecule has 2 atom stereocenters. The third kappa shape index (κ3) is 3.46. The predicted octanol–water partition coefficient (Wildman–Crippen LogP) is 1.88. The van der Waals surface area contributed by atoms with Crippen molar-refractivity contribution in [2.24, 2.45) is 11.8 Å². The molecule has 0 amide bonds. The van der Waals surface area contributed by atoms with Crippen LogP contribution in [-0.2, 0) is 4.74 Å². The maximum atomic E-state index is 5.49. The molecule has 0 bridgehead atoms. The van der Waals surface area contributed by atoms with Crippen LogP contribution in [0.5, 0.6) is 0 Å². The molecule has 0 aromatic rings. The molecule has 3 aliphatic rings. The molecule has 3 nitrogen and oxygen atoms in total. The molecule has 1 heterocycles. The Balaban J connectivity index is 1.58. The Morgan fingerprint density at radius 2 is 2.00 bits per heavy atom. The quantitative estimate of drug-likeness (QED) is 0.714.